The van der Waals surface area contributed by atoms with Crippen LogP contribution < -0.4 is 0 Å². The predicted octanol–water partition coefficient (Wildman–Crippen LogP) is 4.02. The van der Waals surface area contributed by atoms with Crippen LogP contribution in [0.3, 0.4) is 0 Å². The van der Waals surface area contributed by atoms with Gasteiger partial charge in [0, 0.05) is 4.88 Å². The van der Waals surface area contributed by atoms with Gasteiger partial charge in [-0.05, 0) is 29.8 Å². The maximum atomic E-state index is 12.4. The molecule has 0 atom stereocenters. The molecular formula is C14H10F3NO3S. The third-order valence-electron chi connectivity index (χ3n) is 2.59. The molecule has 0 aliphatic carbocycles. The summed E-state index contributed by atoms with van der Waals surface area (Å²) >= 11 is 1.07. The second kappa shape index (κ2) is 6.61. The van der Waals surface area contributed by atoms with E-state index in [-0.39, 0.29) is 11.5 Å². The van der Waals surface area contributed by atoms with Crippen molar-refractivity contribution in [2.45, 2.75) is 12.8 Å². The molecule has 2 rings (SSSR count). The van der Waals surface area contributed by atoms with Crippen molar-refractivity contribution in [1.29, 1.82) is 0 Å². The molecule has 0 saturated heterocycles. The Morgan fingerprint density at radius 2 is 1.91 bits per heavy atom. The number of aromatic carboxylic acids is 1. The Kier molecular flexibility index (Phi) is 4.81. The second-order valence-corrected chi connectivity index (χ2v) is 5.37. The lowest BCUT2D eigenvalue weighted by atomic mass is 10.1. The molecule has 0 unspecified atom stereocenters. The number of hydrogen-bond acceptors (Lipinski definition) is 4. The van der Waals surface area contributed by atoms with Crippen LogP contribution in [0.15, 0.2) is 41.6 Å². The Hall–Kier alpha value is -2.35. The maximum absolute atomic E-state index is 12.4. The molecule has 0 spiro atoms. The molecule has 2 aromatic rings. The molecule has 1 heterocycles. The van der Waals surface area contributed by atoms with Gasteiger partial charge in [0.05, 0.1) is 11.8 Å². The van der Waals surface area contributed by atoms with E-state index in [9.17, 15) is 18.0 Å². The largest absolute Gasteiger partial charge is 0.477 e. The van der Waals surface area contributed by atoms with Crippen molar-refractivity contribution in [1.82, 2.24) is 0 Å². The zero-order chi connectivity index (χ0) is 16.2. The molecule has 1 aromatic heterocycles. The van der Waals surface area contributed by atoms with Crippen LogP contribution in [0.25, 0.3) is 0 Å². The summed E-state index contributed by atoms with van der Waals surface area (Å²) in [4.78, 5) is 16.5. The molecule has 4 nitrogen and oxygen atoms in total. The summed E-state index contributed by atoms with van der Waals surface area (Å²) in [5.74, 6) is -1.01. The van der Waals surface area contributed by atoms with Gasteiger partial charge < -0.3 is 9.94 Å². The van der Waals surface area contributed by atoms with E-state index in [4.69, 9.17) is 9.94 Å². The molecule has 0 bridgehead atoms. The van der Waals surface area contributed by atoms with Crippen molar-refractivity contribution in [3.63, 3.8) is 0 Å². The first-order chi connectivity index (χ1) is 10.4. The topological polar surface area (TPSA) is 58.9 Å². The summed E-state index contributed by atoms with van der Waals surface area (Å²) in [6.45, 7) is 0.0923. The number of benzene rings is 1. The van der Waals surface area contributed by atoms with Gasteiger partial charge in [0.1, 0.15) is 4.88 Å². The molecule has 1 aromatic carbocycles. The highest BCUT2D eigenvalue weighted by Crippen LogP contribution is 2.28. The monoisotopic (exact) mass is 329 g/mol. The Balaban J connectivity index is 1.88. The number of oxime groups is 1. The van der Waals surface area contributed by atoms with Crippen LogP contribution in [0.5, 0.6) is 0 Å². The van der Waals surface area contributed by atoms with Gasteiger partial charge in [-0.1, -0.05) is 17.3 Å². The van der Waals surface area contributed by atoms with Gasteiger partial charge in [-0.15, -0.1) is 11.3 Å². The molecule has 22 heavy (non-hydrogen) atoms. The Morgan fingerprint density at radius 1 is 1.23 bits per heavy atom. The van der Waals surface area contributed by atoms with E-state index >= 15 is 0 Å². The first-order valence-corrected chi connectivity index (χ1v) is 6.82. The minimum absolute atomic E-state index is 0.0923. The van der Waals surface area contributed by atoms with Gasteiger partial charge in [-0.25, -0.2) is 4.79 Å². The summed E-state index contributed by atoms with van der Waals surface area (Å²) in [5, 5.41) is 12.4. The van der Waals surface area contributed by atoms with Crippen molar-refractivity contribution < 1.29 is 27.9 Å². The van der Waals surface area contributed by atoms with Crippen LogP contribution in [-0.4, -0.2) is 17.3 Å². The van der Waals surface area contributed by atoms with E-state index in [1.807, 2.05) is 0 Å². The smallest absolute Gasteiger partial charge is 0.416 e. The van der Waals surface area contributed by atoms with Gasteiger partial charge in [0.25, 0.3) is 0 Å². The SMILES string of the molecule is O=C(O)c1ccc(CO/N=C/c2ccc(C(F)(F)F)cc2)s1. The molecule has 0 aliphatic rings. The fraction of sp³-hybridized carbons (Fsp3) is 0.143. The average molecular weight is 329 g/mol. The molecule has 0 amide bonds. The van der Waals surface area contributed by atoms with Crippen LogP contribution in [0.4, 0.5) is 13.2 Å². The second-order valence-electron chi connectivity index (χ2n) is 4.20. The van der Waals surface area contributed by atoms with Crippen molar-refractivity contribution >= 4 is 23.5 Å². The van der Waals surface area contributed by atoms with E-state index in [1.54, 1.807) is 6.07 Å². The molecule has 1 N–H and O–H groups in total. The summed E-state index contributed by atoms with van der Waals surface area (Å²) < 4.78 is 37.1. The molecular weight excluding hydrogens is 319 g/mol. The standard InChI is InChI=1S/C14H10F3NO3S/c15-14(16,17)10-3-1-9(2-4-10)7-18-21-8-11-5-6-12(22-11)13(19)20/h1-7H,8H2,(H,19,20)/b18-7+. The first-order valence-electron chi connectivity index (χ1n) is 6.01. The van der Waals surface area contributed by atoms with Crippen molar-refractivity contribution in [2.24, 2.45) is 5.16 Å². The maximum Gasteiger partial charge on any atom is 0.416 e. The highest BCUT2D eigenvalue weighted by molar-refractivity contribution is 7.13. The number of carboxylic acids is 1. The summed E-state index contributed by atoms with van der Waals surface area (Å²) in [6.07, 6.45) is -3.08. The third-order valence-corrected chi connectivity index (χ3v) is 3.64. The minimum Gasteiger partial charge on any atom is -0.477 e. The fourth-order valence-electron chi connectivity index (χ4n) is 1.53. The summed E-state index contributed by atoms with van der Waals surface area (Å²) in [5.41, 5.74) is -0.268. The van der Waals surface area contributed by atoms with Gasteiger partial charge >= 0.3 is 12.1 Å². The minimum atomic E-state index is -4.37. The Morgan fingerprint density at radius 3 is 2.45 bits per heavy atom. The number of halogens is 3. The van der Waals surface area contributed by atoms with Crippen LogP contribution in [0.2, 0.25) is 0 Å². The number of nitrogens with zero attached hydrogens (tertiary/aromatic N) is 1. The van der Waals surface area contributed by atoms with Gasteiger partial charge in [0.2, 0.25) is 0 Å². The number of carboxylic acid groups (broad SMARTS) is 1. The van der Waals surface area contributed by atoms with E-state index in [1.165, 1.54) is 24.4 Å². The van der Waals surface area contributed by atoms with Crippen LogP contribution >= 0.6 is 11.3 Å². The number of hydrogen-bond donors (Lipinski definition) is 1. The normalized spacial score (nSPS) is 11.8. The van der Waals surface area contributed by atoms with Crippen LogP contribution in [0.1, 0.15) is 25.7 Å². The molecule has 0 fully saturated rings. The highest BCUT2D eigenvalue weighted by atomic mass is 32.1. The molecule has 0 saturated carbocycles. The lowest BCUT2D eigenvalue weighted by Crippen LogP contribution is -2.04. The number of carbonyl (C=O) groups is 1. The van der Waals surface area contributed by atoms with E-state index in [0.717, 1.165) is 23.5 Å². The fourth-order valence-corrected chi connectivity index (χ4v) is 2.28. The summed E-state index contributed by atoms with van der Waals surface area (Å²) in [6, 6.07) is 7.55. The Bertz CT molecular complexity index is 677. The number of rotatable bonds is 5. The number of alkyl halides is 3. The number of thiophene rings is 1. The molecule has 0 radical (unpaired) electrons. The third kappa shape index (κ3) is 4.32. The zero-order valence-electron chi connectivity index (χ0n) is 11.0. The van der Waals surface area contributed by atoms with Crippen molar-refractivity contribution in [2.75, 3.05) is 0 Å². The van der Waals surface area contributed by atoms with Gasteiger partial charge in [0.15, 0.2) is 6.61 Å². The van der Waals surface area contributed by atoms with Gasteiger partial charge in [-0.2, -0.15) is 13.2 Å². The van der Waals surface area contributed by atoms with E-state index < -0.39 is 17.7 Å². The van der Waals surface area contributed by atoms with Crippen molar-refractivity contribution in [3.8, 4) is 0 Å². The van der Waals surface area contributed by atoms with E-state index in [2.05, 4.69) is 5.16 Å². The first kappa shape index (κ1) is 16.0. The van der Waals surface area contributed by atoms with Gasteiger partial charge in [-0.3, -0.25) is 0 Å². The lowest BCUT2D eigenvalue weighted by Gasteiger charge is -2.05. The average Bonchev–Trinajstić information content (AvgIpc) is 2.92. The van der Waals surface area contributed by atoms with Crippen LogP contribution in [-0.2, 0) is 17.6 Å². The van der Waals surface area contributed by atoms with E-state index in [0.29, 0.717) is 10.4 Å². The lowest BCUT2D eigenvalue weighted by molar-refractivity contribution is -0.137. The van der Waals surface area contributed by atoms with Crippen molar-refractivity contribution in [3.05, 3.63) is 57.3 Å². The Labute approximate surface area is 127 Å². The van der Waals surface area contributed by atoms with Crippen LogP contribution in [0, 0.1) is 0 Å². The summed E-state index contributed by atoms with van der Waals surface area (Å²) in [7, 11) is 0. The zero-order valence-corrected chi connectivity index (χ0v) is 11.8. The molecule has 0 aliphatic heterocycles. The quantitative estimate of drug-likeness (QED) is 0.666. The molecule has 8 heteroatoms. The highest BCUT2D eigenvalue weighted by Gasteiger charge is 2.29. The molecule has 116 valence electrons. The predicted molar refractivity (Wildman–Crippen MR) is 75.1 cm³/mol.